The lowest BCUT2D eigenvalue weighted by atomic mass is 10.2. The standard InChI is InChI=1S/C13H26N2O2/c1-4-15(13(16)17-11-12(2)3)10-9-14-7-5-6-8-14/h12H,4-11H2,1-3H3. The monoisotopic (exact) mass is 242 g/mol. The Morgan fingerprint density at radius 3 is 2.53 bits per heavy atom. The number of likely N-dealkylation sites (N-methyl/N-ethyl adjacent to an activating group) is 1. The molecule has 0 radical (unpaired) electrons. The number of carbonyl (C=O) groups excluding carboxylic acids is 1. The average Bonchev–Trinajstić information content (AvgIpc) is 2.80. The third-order valence-corrected chi connectivity index (χ3v) is 3.06. The van der Waals surface area contributed by atoms with Crippen molar-refractivity contribution in [2.75, 3.05) is 39.3 Å². The van der Waals surface area contributed by atoms with Gasteiger partial charge in [0.05, 0.1) is 6.61 Å². The molecule has 100 valence electrons. The molecule has 0 bridgehead atoms. The molecule has 0 spiro atoms. The van der Waals surface area contributed by atoms with Crippen LogP contribution in [0.2, 0.25) is 0 Å². The van der Waals surface area contributed by atoms with E-state index in [1.807, 2.05) is 20.8 Å². The zero-order chi connectivity index (χ0) is 12.7. The molecule has 1 amide bonds. The number of rotatable bonds is 6. The first kappa shape index (κ1) is 14.3. The minimum Gasteiger partial charge on any atom is -0.449 e. The third kappa shape index (κ3) is 5.39. The van der Waals surface area contributed by atoms with Crippen molar-refractivity contribution < 1.29 is 9.53 Å². The molecule has 0 aliphatic carbocycles. The SMILES string of the molecule is CCN(CCN1CCCC1)C(=O)OCC(C)C. The molecule has 1 rings (SSSR count). The molecule has 4 heteroatoms. The number of likely N-dealkylation sites (tertiary alicyclic amines) is 1. The van der Waals surface area contributed by atoms with Gasteiger partial charge in [-0.25, -0.2) is 4.79 Å². The summed E-state index contributed by atoms with van der Waals surface area (Å²) in [5, 5.41) is 0. The van der Waals surface area contributed by atoms with Crippen molar-refractivity contribution >= 4 is 6.09 Å². The minimum absolute atomic E-state index is 0.166. The first-order valence-corrected chi connectivity index (χ1v) is 6.77. The Balaban J connectivity index is 2.23. The van der Waals surface area contributed by atoms with Crippen LogP contribution >= 0.6 is 0 Å². The summed E-state index contributed by atoms with van der Waals surface area (Å²) in [6.45, 7) is 11.5. The number of hydrogen-bond donors (Lipinski definition) is 0. The zero-order valence-electron chi connectivity index (χ0n) is 11.4. The Hall–Kier alpha value is -0.770. The van der Waals surface area contributed by atoms with E-state index >= 15 is 0 Å². The fourth-order valence-corrected chi connectivity index (χ4v) is 1.98. The van der Waals surface area contributed by atoms with Gasteiger partial charge in [0.15, 0.2) is 0 Å². The lowest BCUT2D eigenvalue weighted by Crippen LogP contribution is -2.38. The molecule has 1 heterocycles. The highest BCUT2D eigenvalue weighted by Gasteiger charge is 2.16. The second-order valence-electron chi connectivity index (χ2n) is 5.10. The first-order valence-electron chi connectivity index (χ1n) is 6.77. The molecule has 1 saturated heterocycles. The van der Waals surface area contributed by atoms with Gasteiger partial charge in [-0.2, -0.15) is 0 Å². The summed E-state index contributed by atoms with van der Waals surface area (Å²) in [6, 6.07) is 0. The van der Waals surface area contributed by atoms with Gasteiger partial charge in [-0.3, -0.25) is 0 Å². The minimum atomic E-state index is -0.166. The summed E-state index contributed by atoms with van der Waals surface area (Å²) in [7, 11) is 0. The molecule has 17 heavy (non-hydrogen) atoms. The van der Waals surface area contributed by atoms with Crippen molar-refractivity contribution in [3.8, 4) is 0 Å². The molecule has 1 fully saturated rings. The molecule has 4 nitrogen and oxygen atoms in total. The first-order chi connectivity index (χ1) is 8.13. The smallest absolute Gasteiger partial charge is 0.409 e. The van der Waals surface area contributed by atoms with E-state index < -0.39 is 0 Å². The summed E-state index contributed by atoms with van der Waals surface area (Å²) < 4.78 is 5.24. The molecule has 1 aliphatic rings. The van der Waals surface area contributed by atoms with Gasteiger partial charge in [-0.1, -0.05) is 13.8 Å². The molecule has 0 N–H and O–H groups in total. The van der Waals surface area contributed by atoms with E-state index in [4.69, 9.17) is 4.74 Å². The van der Waals surface area contributed by atoms with Crippen LogP contribution in [0.3, 0.4) is 0 Å². The Labute approximate surface area is 105 Å². The van der Waals surface area contributed by atoms with Crippen LogP contribution in [0.4, 0.5) is 4.79 Å². The fourth-order valence-electron chi connectivity index (χ4n) is 1.98. The summed E-state index contributed by atoms with van der Waals surface area (Å²) in [5.74, 6) is 0.399. The molecule has 0 aromatic heterocycles. The van der Waals surface area contributed by atoms with E-state index in [9.17, 15) is 4.79 Å². The van der Waals surface area contributed by atoms with E-state index in [2.05, 4.69) is 4.90 Å². The molecule has 0 atom stereocenters. The van der Waals surface area contributed by atoms with Crippen LogP contribution in [-0.2, 0) is 4.74 Å². The van der Waals surface area contributed by atoms with Crippen LogP contribution in [0.15, 0.2) is 0 Å². The number of ether oxygens (including phenoxy) is 1. The van der Waals surface area contributed by atoms with Crippen LogP contribution in [0.25, 0.3) is 0 Å². The zero-order valence-corrected chi connectivity index (χ0v) is 11.4. The van der Waals surface area contributed by atoms with Crippen LogP contribution in [-0.4, -0.2) is 55.2 Å². The van der Waals surface area contributed by atoms with Crippen molar-refractivity contribution in [1.82, 2.24) is 9.80 Å². The normalized spacial score (nSPS) is 16.5. The van der Waals surface area contributed by atoms with Crippen molar-refractivity contribution in [1.29, 1.82) is 0 Å². The highest BCUT2D eigenvalue weighted by Crippen LogP contribution is 2.07. The summed E-state index contributed by atoms with van der Waals surface area (Å²) in [5.41, 5.74) is 0. The Kier molecular flexibility index (Phi) is 6.34. The van der Waals surface area contributed by atoms with Gasteiger partial charge in [-0.05, 0) is 38.8 Å². The van der Waals surface area contributed by atoms with Crippen molar-refractivity contribution in [2.45, 2.75) is 33.6 Å². The lowest BCUT2D eigenvalue weighted by Gasteiger charge is -2.24. The van der Waals surface area contributed by atoms with Gasteiger partial charge in [0, 0.05) is 19.6 Å². The maximum atomic E-state index is 11.8. The molecule has 0 aromatic rings. The summed E-state index contributed by atoms with van der Waals surface area (Å²) in [4.78, 5) is 16.0. The van der Waals surface area contributed by atoms with Crippen molar-refractivity contribution in [3.63, 3.8) is 0 Å². The van der Waals surface area contributed by atoms with E-state index in [-0.39, 0.29) is 6.09 Å². The van der Waals surface area contributed by atoms with Gasteiger partial charge in [0.1, 0.15) is 0 Å². The van der Waals surface area contributed by atoms with Crippen molar-refractivity contribution in [3.05, 3.63) is 0 Å². The van der Waals surface area contributed by atoms with Crippen LogP contribution in [0, 0.1) is 5.92 Å². The van der Waals surface area contributed by atoms with E-state index in [0.717, 1.165) is 19.6 Å². The molecule has 1 aliphatic heterocycles. The topological polar surface area (TPSA) is 32.8 Å². The predicted molar refractivity (Wildman–Crippen MR) is 69.1 cm³/mol. The Bertz CT molecular complexity index is 225. The van der Waals surface area contributed by atoms with E-state index in [1.165, 1.54) is 25.9 Å². The molecule has 0 unspecified atom stereocenters. The largest absolute Gasteiger partial charge is 0.449 e. The second kappa shape index (κ2) is 7.54. The van der Waals surface area contributed by atoms with Crippen LogP contribution < -0.4 is 0 Å². The quantitative estimate of drug-likeness (QED) is 0.716. The number of hydrogen-bond acceptors (Lipinski definition) is 3. The van der Waals surface area contributed by atoms with Crippen molar-refractivity contribution in [2.24, 2.45) is 5.92 Å². The molecular weight excluding hydrogens is 216 g/mol. The fraction of sp³-hybridized carbons (Fsp3) is 0.923. The average molecular weight is 242 g/mol. The number of amides is 1. The van der Waals surface area contributed by atoms with Crippen LogP contribution in [0.5, 0.6) is 0 Å². The van der Waals surface area contributed by atoms with Gasteiger partial charge < -0.3 is 14.5 Å². The van der Waals surface area contributed by atoms with Gasteiger partial charge in [0.2, 0.25) is 0 Å². The molecular formula is C13H26N2O2. The number of carbonyl (C=O) groups is 1. The van der Waals surface area contributed by atoms with E-state index in [1.54, 1.807) is 4.90 Å². The maximum absolute atomic E-state index is 11.8. The highest BCUT2D eigenvalue weighted by atomic mass is 16.6. The Morgan fingerprint density at radius 1 is 1.35 bits per heavy atom. The van der Waals surface area contributed by atoms with Gasteiger partial charge in [-0.15, -0.1) is 0 Å². The summed E-state index contributed by atoms with van der Waals surface area (Å²) in [6.07, 6.45) is 2.42. The van der Waals surface area contributed by atoms with Gasteiger partial charge in [0.25, 0.3) is 0 Å². The Morgan fingerprint density at radius 2 is 2.00 bits per heavy atom. The second-order valence-corrected chi connectivity index (χ2v) is 5.10. The molecule has 0 saturated carbocycles. The van der Waals surface area contributed by atoms with Gasteiger partial charge >= 0.3 is 6.09 Å². The third-order valence-electron chi connectivity index (χ3n) is 3.06. The highest BCUT2D eigenvalue weighted by molar-refractivity contribution is 5.67. The van der Waals surface area contributed by atoms with Crippen LogP contribution in [0.1, 0.15) is 33.6 Å². The maximum Gasteiger partial charge on any atom is 0.409 e. The molecule has 0 aromatic carbocycles. The van der Waals surface area contributed by atoms with E-state index in [0.29, 0.717) is 12.5 Å². The summed E-state index contributed by atoms with van der Waals surface area (Å²) >= 11 is 0. The lowest BCUT2D eigenvalue weighted by molar-refractivity contribution is 0.0905. The number of nitrogens with zero attached hydrogens (tertiary/aromatic N) is 2. The predicted octanol–water partition coefficient (Wildman–Crippen LogP) is 2.20.